The highest BCUT2D eigenvalue weighted by Gasteiger charge is 2.06. The second kappa shape index (κ2) is 5.65. The van der Waals surface area contributed by atoms with Crippen molar-refractivity contribution in [3.63, 3.8) is 0 Å². The zero-order chi connectivity index (χ0) is 15.5. The van der Waals surface area contributed by atoms with Crippen LogP contribution in [0.1, 0.15) is 11.1 Å². The maximum Gasteiger partial charge on any atom is 0.269 e. The molecule has 22 heavy (non-hydrogen) atoms. The van der Waals surface area contributed by atoms with E-state index in [1.165, 1.54) is 18.3 Å². The molecule has 0 saturated heterocycles. The van der Waals surface area contributed by atoms with Crippen molar-refractivity contribution in [2.24, 2.45) is 0 Å². The number of hydrogen-bond donors (Lipinski definition) is 0. The molecule has 0 atom stereocenters. The number of nitro groups is 1. The minimum atomic E-state index is -0.425. The standard InChI is InChI=1S/C17H12N2O3/c20-18-12-11-14(16-3-1-2-4-17(16)18)8-5-13-6-9-15(10-7-13)19(21)22/h1-12H. The van der Waals surface area contributed by atoms with Gasteiger partial charge in [0.1, 0.15) is 0 Å². The Labute approximate surface area is 126 Å². The molecule has 5 nitrogen and oxygen atoms in total. The molecule has 0 saturated carbocycles. The lowest BCUT2D eigenvalue weighted by molar-refractivity contribution is -0.577. The van der Waals surface area contributed by atoms with Crippen LogP contribution in [0.3, 0.4) is 0 Å². The maximum absolute atomic E-state index is 11.7. The molecule has 0 aliphatic rings. The average Bonchev–Trinajstić information content (AvgIpc) is 2.55. The molecular weight excluding hydrogens is 280 g/mol. The van der Waals surface area contributed by atoms with Gasteiger partial charge in [-0.05, 0) is 29.3 Å². The smallest absolute Gasteiger partial charge is 0.269 e. The molecule has 108 valence electrons. The van der Waals surface area contributed by atoms with E-state index in [0.717, 1.165) is 21.2 Å². The van der Waals surface area contributed by atoms with Gasteiger partial charge >= 0.3 is 0 Å². The first-order valence-electron chi connectivity index (χ1n) is 6.68. The van der Waals surface area contributed by atoms with Gasteiger partial charge in [0.15, 0.2) is 6.20 Å². The van der Waals surface area contributed by atoms with Crippen LogP contribution in [0.25, 0.3) is 23.1 Å². The monoisotopic (exact) mass is 292 g/mol. The Morgan fingerprint density at radius 1 is 0.955 bits per heavy atom. The molecule has 3 aromatic rings. The van der Waals surface area contributed by atoms with Gasteiger partial charge in [-0.3, -0.25) is 10.1 Å². The summed E-state index contributed by atoms with van der Waals surface area (Å²) in [5.41, 5.74) is 2.44. The minimum Gasteiger partial charge on any atom is -0.618 e. The van der Waals surface area contributed by atoms with Crippen molar-refractivity contribution in [2.45, 2.75) is 0 Å². The summed E-state index contributed by atoms with van der Waals surface area (Å²) in [7, 11) is 0. The summed E-state index contributed by atoms with van der Waals surface area (Å²) in [6, 6.07) is 15.4. The number of para-hydroxylation sites is 1. The van der Waals surface area contributed by atoms with Gasteiger partial charge in [0.25, 0.3) is 5.69 Å². The Balaban J connectivity index is 1.96. The highest BCUT2D eigenvalue weighted by molar-refractivity contribution is 5.88. The Kier molecular flexibility index (Phi) is 3.53. The van der Waals surface area contributed by atoms with E-state index < -0.39 is 4.92 Å². The summed E-state index contributed by atoms with van der Waals surface area (Å²) < 4.78 is 0.832. The molecule has 0 aliphatic heterocycles. The van der Waals surface area contributed by atoms with Crippen molar-refractivity contribution in [3.05, 3.63) is 87.2 Å². The first-order valence-corrected chi connectivity index (χ1v) is 6.68. The molecule has 1 aromatic heterocycles. The van der Waals surface area contributed by atoms with Crippen molar-refractivity contribution in [2.75, 3.05) is 0 Å². The number of fused-ring (bicyclic) bond motifs is 1. The van der Waals surface area contributed by atoms with E-state index in [4.69, 9.17) is 0 Å². The summed E-state index contributed by atoms with van der Waals surface area (Å²) in [4.78, 5) is 10.2. The van der Waals surface area contributed by atoms with Crippen molar-refractivity contribution in [1.82, 2.24) is 0 Å². The molecule has 0 spiro atoms. The number of benzene rings is 2. The molecule has 2 aromatic carbocycles. The number of non-ortho nitro benzene ring substituents is 1. The van der Waals surface area contributed by atoms with E-state index in [2.05, 4.69) is 0 Å². The summed E-state index contributed by atoms with van der Waals surface area (Å²) in [6.45, 7) is 0. The number of aromatic nitrogens is 1. The molecule has 0 radical (unpaired) electrons. The van der Waals surface area contributed by atoms with E-state index in [1.54, 1.807) is 24.3 Å². The van der Waals surface area contributed by atoms with Crippen LogP contribution in [0.15, 0.2) is 60.8 Å². The van der Waals surface area contributed by atoms with Crippen molar-refractivity contribution >= 4 is 28.7 Å². The van der Waals surface area contributed by atoms with Crippen LogP contribution in [0.5, 0.6) is 0 Å². The normalized spacial score (nSPS) is 11.1. The zero-order valence-electron chi connectivity index (χ0n) is 11.5. The van der Waals surface area contributed by atoms with Gasteiger partial charge in [0.2, 0.25) is 5.52 Å². The molecule has 0 unspecified atom stereocenters. The minimum absolute atomic E-state index is 0.0645. The van der Waals surface area contributed by atoms with Crippen LogP contribution in [-0.4, -0.2) is 4.92 Å². The Morgan fingerprint density at radius 2 is 1.68 bits per heavy atom. The van der Waals surface area contributed by atoms with Gasteiger partial charge in [-0.15, -0.1) is 0 Å². The zero-order valence-corrected chi connectivity index (χ0v) is 11.5. The lowest BCUT2D eigenvalue weighted by Crippen LogP contribution is -2.26. The molecule has 3 rings (SSSR count). The van der Waals surface area contributed by atoms with Gasteiger partial charge in [-0.2, -0.15) is 4.73 Å². The van der Waals surface area contributed by atoms with Crippen LogP contribution >= 0.6 is 0 Å². The Bertz CT molecular complexity index is 871. The second-order valence-electron chi connectivity index (χ2n) is 4.80. The predicted molar refractivity (Wildman–Crippen MR) is 84.9 cm³/mol. The van der Waals surface area contributed by atoms with E-state index in [-0.39, 0.29) is 5.69 Å². The predicted octanol–water partition coefficient (Wildman–Crippen LogP) is 3.55. The third-order valence-corrected chi connectivity index (χ3v) is 3.40. The first-order chi connectivity index (χ1) is 10.6. The molecule has 5 heteroatoms. The lowest BCUT2D eigenvalue weighted by Gasteiger charge is -2.03. The quantitative estimate of drug-likeness (QED) is 0.321. The van der Waals surface area contributed by atoms with E-state index in [9.17, 15) is 15.3 Å². The van der Waals surface area contributed by atoms with Gasteiger partial charge < -0.3 is 5.21 Å². The van der Waals surface area contributed by atoms with Crippen LogP contribution < -0.4 is 4.73 Å². The average molecular weight is 292 g/mol. The van der Waals surface area contributed by atoms with Crippen molar-refractivity contribution < 1.29 is 9.65 Å². The van der Waals surface area contributed by atoms with Crippen LogP contribution in [0.2, 0.25) is 0 Å². The summed E-state index contributed by atoms with van der Waals surface area (Å²) in [5, 5.41) is 23.2. The van der Waals surface area contributed by atoms with Gasteiger partial charge in [0.05, 0.1) is 10.3 Å². The highest BCUT2D eigenvalue weighted by Crippen LogP contribution is 2.19. The van der Waals surface area contributed by atoms with Gasteiger partial charge in [-0.25, -0.2) is 0 Å². The maximum atomic E-state index is 11.7. The molecule has 0 fully saturated rings. The summed E-state index contributed by atoms with van der Waals surface area (Å²) in [6.07, 6.45) is 5.22. The number of pyridine rings is 1. The third kappa shape index (κ3) is 2.64. The fourth-order valence-corrected chi connectivity index (χ4v) is 2.27. The second-order valence-corrected chi connectivity index (χ2v) is 4.80. The van der Waals surface area contributed by atoms with Crippen LogP contribution in [0.4, 0.5) is 5.69 Å². The lowest BCUT2D eigenvalue weighted by atomic mass is 10.1. The summed E-state index contributed by atoms with van der Waals surface area (Å²) >= 11 is 0. The Morgan fingerprint density at radius 3 is 2.41 bits per heavy atom. The van der Waals surface area contributed by atoms with Crippen molar-refractivity contribution in [3.8, 4) is 0 Å². The molecular formula is C17H12N2O3. The fourth-order valence-electron chi connectivity index (χ4n) is 2.27. The van der Waals surface area contributed by atoms with E-state index >= 15 is 0 Å². The molecule has 0 N–H and O–H groups in total. The molecule has 0 amide bonds. The van der Waals surface area contributed by atoms with E-state index in [0.29, 0.717) is 5.52 Å². The van der Waals surface area contributed by atoms with Gasteiger partial charge in [-0.1, -0.05) is 24.3 Å². The topological polar surface area (TPSA) is 70.1 Å². The number of rotatable bonds is 3. The molecule has 0 bridgehead atoms. The number of nitrogens with zero attached hydrogens (tertiary/aromatic N) is 2. The van der Waals surface area contributed by atoms with E-state index in [1.807, 2.05) is 30.4 Å². The molecule has 1 heterocycles. The van der Waals surface area contributed by atoms with Gasteiger partial charge in [0, 0.05) is 24.3 Å². The summed E-state index contributed by atoms with van der Waals surface area (Å²) in [5.74, 6) is 0. The SMILES string of the molecule is O=[N+]([O-])c1ccc(C=Cc2cc[n+]([O-])c3ccccc23)cc1. The fraction of sp³-hybridized carbons (Fsp3) is 0. The number of nitro benzene ring substituents is 1. The van der Waals surface area contributed by atoms with Crippen LogP contribution in [0, 0.1) is 15.3 Å². The van der Waals surface area contributed by atoms with Crippen LogP contribution in [-0.2, 0) is 0 Å². The van der Waals surface area contributed by atoms with Crippen molar-refractivity contribution in [1.29, 1.82) is 0 Å². The first kappa shape index (κ1) is 13.8. The molecule has 0 aliphatic carbocycles. The highest BCUT2D eigenvalue weighted by atomic mass is 16.6. The third-order valence-electron chi connectivity index (χ3n) is 3.40. The number of hydrogen-bond acceptors (Lipinski definition) is 3. The Hall–Kier alpha value is -3.21. The largest absolute Gasteiger partial charge is 0.618 e.